The minimum absolute atomic E-state index is 0.0300. The Morgan fingerprint density at radius 3 is 2.64 bits per heavy atom. The van der Waals surface area contributed by atoms with E-state index >= 15 is 0 Å². The molecule has 25 heavy (non-hydrogen) atoms. The van der Waals surface area contributed by atoms with Gasteiger partial charge in [0.2, 0.25) is 5.91 Å². The zero-order chi connectivity index (χ0) is 17.7. The van der Waals surface area contributed by atoms with Gasteiger partial charge in [0.15, 0.2) is 5.76 Å². The minimum Gasteiger partial charge on any atom is -0.459 e. The highest BCUT2D eigenvalue weighted by atomic mass is 16.3. The molecule has 2 amide bonds. The number of hydrogen-bond donors (Lipinski definition) is 3. The Morgan fingerprint density at radius 1 is 1.20 bits per heavy atom. The van der Waals surface area contributed by atoms with E-state index in [1.807, 2.05) is 31.2 Å². The van der Waals surface area contributed by atoms with Gasteiger partial charge >= 0.3 is 0 Å². The van der Waals surface area contributed by atoms with E-state index < -0.39 is 5.54 Å². The normalized spacial score (nSPS) is 20.0. The van der Waals surface area contributed by atoms with Gasteiger partial charge in [-0.25, -0.2) is 0 Å². The molecule has 3 rings (SSSR count). The van der Waals surface area contributed by atoms with Gasteiger partial charge < -0.3 is 20.4 Å². The van der Waals surface area contributed by atoms with Crippen molar-refractivity contribution in [3.63, 3.8) is 0 Å². The molecule has 132 valence electrons. The van der Waals surface area contributed by atoms with Gasteiger partial charge in [0, 0.05) is 12.2 Å². The molecule has 2 heterocycles. The highest BCUT2D eigenvalue weighted by Gasteiger charge is 2.33. The van der Waals surface area contributed by atoms with E-state index in [0.29, 0.717) is 12.2 Å². The van der Waals surface area contributed by atoms with Crippen LogP contribution in [0.4, 0.5) is 5.69 Å². The smallest absolute Gasteiger partial charge is 0.291 e. The summed E-state index contributed by atoms with van der Waals surface area (Å²) in [5.74, 6) is 0.00862. The Kier molecular flexibility index (Phi) is 5.19. The molecule has 6 nitrogen and oxygen atoms in total. The summed E-state index contributed by atoms with van der Waals surface area (Å²) in [5.41, 5.74) is 1.18. The molecule has 1 aromatic carbocycles. The van der Waals surface area contributed by atoms with E-state index in [0.717, 1.165) is 31.4 Å². The first-order chi connectivity index (χ1) is 12.1. The first kappa shape index (κ1) is 17.2. The molecule has 0 saturated carbocycles. The lowest BCUT2D eigenvalue weighted by Crippen LogP contribution is -2.56. The Hall–Kier alpha value is -2.60. The number of piperidine rings is 1. The van der Waals surface area contributed by atoms with Crippen molar-refractivity contribution in [1.29, 1.82) is 0 Å². The van der Waals surface area contributed by atoms with Crippen molar-refractivity contribution in [1.82, 2.24) is 10.6 Å². The van der Waals surface area contributed by atoms with E-state index in [-0.39, 0.29) is 17.6 Å². The highest BCUT2D eigenvalue weighted by Crippen LogP contribution is 2.19. The van der Waals surface area contributed by atoms with Gasteiger partial charge in [-0.1, -0.05) is 12.1 Å². The molecule has 1 fully saturated rings. The maximum atomic E-state index is 12.4. The standard InChI is InChI=1S/C19H23N3O3/c1-19(10-2-3-11-21-19)18(24)20-13-14-6-8-15(9-7-14)22-17(23)16-5-4-12-25-16/h4-9,12,21H,2-3,10-11,13H2,1H3,(H,20,24)(H,22,23). The summed E-state index contributed by atoms with van der Waals surface area (Å²) in [6, 6.07) is 10.7. The molecule has 2 aromatic rings. The molecule has 1 unspecified atom stereocenters. The van der Waals surface area contributed by atoms with Crippen LogP contribution in [0, 0.1) is 0 Å². The van der Waals surface area contributed by atoms with Crippen molar-refractivity contribution in [2.45, 2.75) is 38.3 Å². The van der Waals surface area contributed by atoms with Crippen LogP contribution in [-0.2, 0) is 11.3 Å². The van der Waals surface area contributed by atoms with Crippen LogP contribution in [-0.4, -0.2) is 23.9 Å². The number of benzene rings is 1. The van der Waals surface area contributed by atoms with E-state index in [9.17, 15) is 9.59 Å². The summed E-state index contributed by atoms with van der Waals surface area (Å²) >= 11 is 0. The fraction of sp³-hybridized carbons (Fsp3) is 0.368. The quantitative estimate of drug-likeness (QED) is 0.781. The minimum atomic E-state index is -0.477. The maximum Gasteiger partial charge on any atom is 0.291 e. The largest absolute Gasteiger partial charge is 0.459 e. The number of carbonyl (C=O) groups is 2. The molecule has 3 N–H and O–H groups in total. The van der Waals surface area contributed by atoms with Crippen LogP contribution in [0.1, 0.15) is 42.3 Å². The highest BCUT2D eigenvalue weighted by molar-refractivity contribution is 6.02. The van der Waals surface area contributed by atoms with E-state index in [4.69, 9.17) is 4.42 Å². The topological polar surface area (TPSA) is 83.4 Å². The molecule has 1 saturated heterocycles. The lowest BCUT2D eigenvalue weighted by Gasteiger charge is -2.33. The van der Waals surface area contributed by atoms with Crippen LogP contribution in [0.15, 0.2) is 47.1 Å². The van der Waals surface area contributed by atoms with Crippen LogP contribution >= 0.6 is 0 Å². The molecule has 0 aliphatic carbocycles. The number of carbonyl (C=O) groups excluding carboxylic acids is 2. The van der Waals surface area contributed by atoms with Crippen LogP contribution < -0.4 is 16.0 Å². The lowest BCUT2D eigenvalue weighted by molar-refractivity contribution is -0.128. The second-order valence-corrected chi connectivity index (χ2v) is 6.53. The summed E-state index contributed by atoms with van der Waals surface area (Å²) in [6.45, 7) is 3.30. The number of hydrogen-bond acceptors (Lipinski definition) is 4. The number of nitrogens with one attached hydrogen (secondary N) is 3. The Balaban J connectivity index is 1.52. The fourth-order valence-corrected chi connectivity index (χ4v) is 2.93. The molecule has 0 radical (unpaired) electrons. The summed E-state index contributed by atoms with van der Waals surface area (Å²) in [6.07, 6.45) is 4.51. The van der Waals surface area contributed by atoms with Crippen LogP contribution in [0.25, 0.3) is 0 Å². The number of rotatable bonds is 5. The summed E-state index contributed by atoms with van der Waals surface area (Å²) in [7, 11) is 0. The van der Waals surface area contributed by atoms with Crippen molar-refractivity contribution in [3.05, 3.63) is 54.0 Å². The molecular weight excluding hydrogens is 318 g/mol. The van der Waals surface area contributed by atoms with Gasteiger partial charge in [0.05, 0.1) is 11.8 Å². The number of amides is 2. The lowest BCUT2D eigenvalue weighted by atomic mass is 9.90. The maximum absolute atomic E-state index is 12.4. The zero-order valence-corrected chi connectivity index (χ0v) is 14.3. The van der Waals surface area contributed by atoms with Gasteiger partial charge in [-0.15, -0.1) is 0 Å². The molecule has 1 atom stereocenters. The molecule has 0 spiro atoms. The first-order valence-electron chi connectivity index (χ1n) is 8.54. The molecule has 0 bridgehead atoms. The van der Waals surface area contributed by atoms with Gasteiger partial charge in [0.25, 0.3) is 5.91 Å². The Bertz CT molecular complexity index is 717. The third-order valence-corrected chi connectivity index (χ3v) is 4.53. The Labute approximate surface area is 147 Å². The van der Waals surface area contributed by atoms with E-state index in [2.05, 4.69) is 16.0 Å². The predicted molar refractivity (Wildman–Crippen MR) is 95.2 cm³/mol. The molecule has 1 aliphatic rings. The number of furan rings is 1. The molecule has 1 aliphatic heterocycles. The van der Waals surface area contributed by atoms with Gasteiger partial charge in [-0.2, -0.15) is 0 Å². The second kappa shape index (κ2) is 7.53. The van der Waals surface area contributed by atoms with Crippen LogP contribution in [0.5, 0.6) is 0 Å². The number of anilines is 1. The van der Waals surface area contributed by atoms with Crippen LogP contribution in [0.2, 0.25) is 0 Å². The van der Waals surface area contributed by atoms with Crippen molar-refractivity contribution >= 4 is 17.5 Å². The third-order valence-electron chi connectivity index (χ3n) is 4.53. The van der Waals surface area contributed by atoms with Crippen molar-refractivity contribution < 1.29 is 14.0 Å². The second-order valence-electron chi connectivity index (χ2n) is 6.53. The van der Waals surface area contributed by atoms with Crippen LogP contribution in [0.3, 0.4) is 0 Å². The van der Waals surface area contributed by atoms with Crippen molar-refractivity contribution in [2.75, 3.05) is 11.9 Å². The predicted octanol–water partition coefficient (Wildman–Crippen LogP) is 2.68. The molecule has 6 heteroatoms. The van der Waals surface area contributed by atoms with Crippen molar-refractivity contribution in [2.24, 2.45) is 0 Å². The molecule has 1 aromatic heterocycles. The first-order valence-corrected chi connectivity index (χ1v) is 8.54. The summed E-state index contributed by atoms with van der Waals surface area (Å²) in [5, 5.41) is 9.06. The van der Waals surface area contributed by atoms with Gasteiger partial charge in [-0.3, -0.25) is 9.59 Å². The monoisotopic (exact) mass is 341 g/mol. The summed E-state index contributed by atoms with van der Waals surface area (Å²) in [4.78, 5) is 24.3. The van der Waals surface area contributed by atoms with E-state index in [1.54, 1.807) is 12.1 Å². The Morgan fingerprint density at radius 2 is 2.00 bits per heavy atom. The molecular formula is C19H23N3O3. The summed E-state index contributed by atoms with van der Waals surface area (Å²) < 4.78 is 5.06. The average Bonchev–Trinajstić information content (AvgIpc) is 3.16. The zero-order valence-electron chi connectivity index (χ0n) is 14.3. The van der Waals surface area contributed by atoms with Crippen molar-refractivity contribution in [3.8, 4) is 0 Å². The van der Waals surface area contributed by atoms with E-state index in [1.165, 1.54) is 6.26 Å². The average molecular weight is 341 g/mol. The fourth-order valence-electron chi connectivity index (χ4n) is 2.93. The van der Waals surface area contributed by atoms with Gasteiger partial charge in [-0.05, 0) is 62.6 Å². The third kappa shape index (κ3) is 4.28. The SMILES string of the molecule is CC1(C(=O)NCc2ccc(NC(=O)c3ccco3)cc2)CCCCN1. The van der Waals surface area contributed by atoms with Gasteiger partial charge in [0.1, 0.15) is 0 Å².